The molecule has 0 saturated carbocycles. The number of hydrogen-bond acceptors (Lipinski definition) is 2. The van der Waals surface area contributed by atoms with Gasteiger partial charge in [0.1, 0.15) is 5.82 Å². The third-order valence-corrected chi connectivity index (χ3v) is 3.03. The first kappa shape index (κ1) is 13.1. The number of aromatic nitrogens is 1. The van der Waals surface area contributed by atoms with Crippen LogP contribution in [-0.2, 0) is 6.54 Å². The molecular weight excluding hydrogens is 274 g/mol. The maximum absolute atomic E-state index is 13.0. The van der Waals surface area contributed by atoms with E-state index in [2.05, 4.69) is 10.3 Å². The molecule has 0 spiro atoms. The Kier molecular flexibility index (Phi) is 4.04. The molecule has 0 aliphatic rings. The molecular formula is C13H11Cl2FN2. The van der Waals surface area contributed by atoms with Gasteiger partial charge in [0.2, 0.25) is 0 Å². The molecule has 0 bridgehead atoms. The summed E-state index contributed by atoms with van der Waals surface area (Å²) in [6.07, 6.45) is 1.70. The SMILES string of the molecule is Cc1cnc(Cl)c(NCc2ccc(F)c(Cl)c2)c1. The second kappa shape index (κ2) is 5.55. The summed E-state index contributed by atoms with van der Waals surface area (Å²) in [7, 11) is 0. The Morgan fingerprint density at radius 3 is 2.78 bits per heavy atom. The van der Waals surface area contributed by atoms with Crippen molar-refractivity contribution in [3.8, 4) is 0 Å². The fourth-order valence-corrected chi connectivity index (χ4v) is 1.90. The zero-order chi connectivity index (χ0) is 13.1. The average molecular weight is 285 g/mol. The van der Waals surface area contributed by atoms with Gasteiger partial charge < -0.3 is 5.32 Å². The number of nitrogens with one attached hydrogen (secondary N) is 1. The highest BCUT2D eigenvalue weighted by Crippen LogP contribution is 2.21. The van der Waals surface area contributed by atoms with Crippen LogP contribution in [0.2, 0.25) is 10.2 Å². The van der Waals surface area contributed by atoms with E-state index in [4.69, 9.17) is 23.2 Å². The monoisotopic (exact) mass is 284 g/mol. The summed E-state index contributed by atoms with van der Waals surface area (Å²) in [4.78, 5) is 4.04. The second-order valence-electron chi connectivity index (χ2n) is 3.95. The summed E-state index contributed by atoms with van der Waals surface area (Å²) >= 11 is 11.7. The van der Waals surface area contributed by atoms with Crippen molar-refractivity contribution in [1.29, 1.82) is 0 Å². The highest BCUT2D eigenvalue weighted by molar-refractivity contribution is 6.32. The predicted molar refractivity (Wildman–Crippen MR) is 72.7 cm³/mol. The van der Waals surface area contributed by atoms with Gasteiger partial charge in [-0.25, -0.2) is 9.37 Å². The number of anilines is 1. The standard InChI is InChI=1S/C13H11Cl2FN2/c1-8-4-12(13(15)18-6-8)17-7-9-2-3-11(16)10(14)5-9/h2-6,17H,7H2,1H3. The molecule has 2 nitrogen and oxygen atoms in total. The number of halogens is 3. The maximum atomic E-state index is 13.0. The van der Waals surface area contributed by atoms with Gasteiger partial charge in [-0.1, -0.05) is 29.3 Å². The molecule has 1 N–H and O–H groups in total. The summed E-state index contributed by atoms with van der Waals surface area (Å²) in [6, 6.07) is 6.50. The van der Waals surface area contributed by atoms with Crippen LogP contribution in [0.25, 0.3) is 0 Å². The summed E-state index contributed by atoms with van der Waals surface area (Å²) in [5.41, 5.74) is 2.63. The average Bonchev–Trinajstić information content (AvgIpc) is 2.34. The fourth-order valence-electron chi connectivity index (χ4n) is 1.52. The molecule has 2 rings (SSSR count). The van der Waals surface area contributed by atoms with Crippen LogP contribution in [0.15, 0.2) is 30.5 Å². The molecule has 0 atom stereocenters. The summed E-state index contributed by atoms with van der Waals surface area (Å²) in [5, 5.41) is 3.67. The quantitative estimate of drug-likeness (QED) is 0.843. The van der Waals surface area contributed by atoms with E-state index in [0.29, 0.717) is 11.7 Å². The summed E-state index contributed by atoms with van der Waals surface area (Å²) < 4.78 is 13.0. The Labute approximate surface area is 115 Å². The number of hydrogen-bond donors (Lipinski definition) is 1. The molecule has 2 aromatic rings. The molecule has 18 heavy (non-hydrogen) atoms. The van der Waals surface area contributed by atoms with E-state index < -0.39 is 5.82 Å². The van der Waals surface area contributed by atoms with Crippen molar-refractivity contribution in [3.63, 3.8) is 0 Å². The molecule has 0 radical (unpaired) electrons. The minimum Gasteiger partial charge on any atom is -0.378 e. The van der Waals surface area contributed by atoms with E-state index >= 15 is 0 Å². The largest absolute Gasteiger partial charge is 0.378 e. The third kappa shape index (κ3) is 3.12. The van der Waals surface area contributed by atoms with Crippen molar-refractivity contribution in [3.05, 3.63) is 57.6 Å². The Hall–Kier alpha value is -1.32. The van der Waals surface area contributed by atoms with Crippen LogP contribution in [0, 0.1) is 12.7 Å². The molecule has 0 amide bonds. The Bertz CT molecular complexity index is 573. The smallest absolute Gasteiger partial charge is 0.152 e. The summed E-state index contributed by atoms with van der Waals surface area (Å²) in [5.74, 6) is -0.421. The predicted octanol–water partition coefficient (Wildman–Crippen LogP) is 4.45. The lowest BCUT2D eigenvalue weighted by atomic mass is 10.2. The zero-order valence-corrected chi connectivity index (χ0v) is 11.2. The van der Waals surface area contributed by atoms with Crippen molar-refractivity contribution < 1.29 is 4.39 Å². The van der Waals surface area contributed by atoms with Crippen LogP contribution < -0.4 is 5.32 Å². The normalized spacial score (nSPS) is 10.4. The van der Waals surface area contributed by atoms with E-state index in [1.807, 2.05) is 13.0 Å². The maximum Gasteiger partial charge on any atom is 0.152 e. The minimum absolute atomic E-state index is 0.114. The van der Waals surface area contributed by atoms with Gasteiger partial charge >= 0.3 is 0 Å². The highest BCUT2D eigenvalue weighted by atomic mass is 35.5. The van der Waals surface area contributed by atoms with Gasteiger partial charge in [-0.2, -0.15) is 0 Å². The topological polar surface area (TPSA) is 24.9 Å². The molecule has 0 aliphatic carbocycles. The Morgan fingerprint density at radius 2 is 2.06 bits per heavy atom. The van der Waals surface area contributed by atoms with E-state index in [1.165, 1.54) is 6.07 Å². The first-order chi connectivity index (χ1) is 8.56. The van der Waals surface area contributed by atoms with Gasteiger partial charge in [0.25, 0.3) is 0 Å². The first-order valence-electron chi connectivity index (χ1n) is 5.36. The third-order valence-electron chi connectivity index (χ3n) is 2.44. The van der Waals surface area contributed by atoms with Crippen molar-refractivity contribution >= 4 is 28.9 Å². The molecule has 94 valence electrons. The lowest BCUT2D eigenvalue weighted by Crippen LogP contribution is -2.01. The minimum atomic E-state index is -0.421. The van der Waals surface area contributed by atoms with E-state index in [-0.39, 0.29) is 5.02 Å². The van der Waals surface area contributed by atoms with Gasteiger partial charge in [0.05, 0.1) is 10.7 Å². The zero-order valence-electron chi connectivity index (χ0n) is 9.67. The highest BCUT2D eigenvalue weighted by Gasteiger charge is 2.04. The number of rotatable bonds is 3. The van der Waals surface area contributed by atoms with Gasteiger partial charge in [-0.15, -0.1) is 0 Å². The lowest BCUT2D eigenvalue weighted by Gasteiger charge is -2.09. The number of benzene rings is 1. The van der Waals surface area contributed by atoms with Crippen LogP contribution in [-0.4, -0.2) is 4.98 Å². The molecule has 5 heteroatoms. The van der Waals surface area contributed by atoms with Crippen molar-refractivity contribution in [2.75, 3.05) is 5.32 Å². The fraction of sp³-hybridized carbons (Fsp3) is 0.154. The van der Waals surface area contributed by atoms with Gasteiger partial charge in [0, 0.05) is 12.7 Å². The van der Waals surface area contributed by atoms with Crippen molar-refractivity contribution in [2.45, 2.75) is 13.5 Å². The molecule has 0 aliphatic heterocycles. The number of pyridine rings is 1. The van der Waals surface area contributed by atoms with Crippen molar-refractivity contribution in [2.24, 2.45) is 0 Å². The molecule has 0 fully saturated rings. The number of aryl methyl sites for hydroxylation is 1. The van der Waals surface area contributed by atoms with Crippen LogP contribution in [0.1, 0.15) is 11.1 Å². The first-order valence-corrected chi connectivity index (χ1v) is 6.12. The lowest BCUT2D eigenvalue weighted by molar-refractivity contribution is 0.627. The van der Waals surface area contributed by atoms with Crippen LogP contribution in [0.4, 0.5) is 10.1 Å². The second-order valence-corrected chi connectivity index (χ2v) is 4.72. The van der Waals surface area contributed by atoms with E-state index in [9.17, 15) is 4.39 Å². The van der Waals surface area contributed by atoms with Crippen LogP contribution in [0.5, 0.6) is 0 Å². The van der Waals surface area contributed by atoms with Crippen molar-refractivity contribution in [1.82, 2.24) is 4.98 Å². The number of nitrogens with zero attached hydrogens (tertiary/aromatic N) is 1. The van der Waals surface area contributed by atoms with Crippen LogP contribution in [0.3, 0.4) is 0 Å². The Morgan fingerprint density at radius 1 is 1.28 bits per heavy atom. The molecule has 1 aromatic heterocycles. The summed E-state index contributed by atoms with van der Waals surface area (Å²) in [6.45, 7) is 2.44. The molecule has 1 aromatic carbocycles. The molecule has 1 heterocycles. The van der Waals surface area contributed by atoms with Gasteiger partial charge in [0.15, 0.2) is 5.15 Å². The van der Waals surface area contributed by atoms with E-state index in [1.54, 1.807) is 18.3 Å². The molecule has 0 unspecified atom stereocenters. The molecule has 0 saturated heterocycles. The van der Waals surface area contributed by atoms with E-state index in [0.717, 1.165) is 16.8 Å². The van der Waals surface area contributed by atoms with Gasteiger partial charge in [-0.05, 0) is 36.2 Å². The Balaban J connectivity index is 2.11. The van der Waals surface area contributed by atoms with Crippen LogP contribution >= 0.6 is 23.2 Å². The van der Waals surface area contributed by atoms with Gasteiger partial charge in [-0.3, -0.25) is 0 Å².